The Morgan fingerprint density at radius 2 is 1.64 bits per heavy atom. The molecule has 0 unspecified atom stereocenters. The third-order valence-corrected chi connectivity index (χ3v) is 7.03. The lowest BCUT2D eigenvalue weighted by atomic mass is 9.95. The van der Waals surface area contributed by atoms with Gasteiger partial charge in [0.1, 0.15) is 5.82 Å². The zero-order chi connectivity index (χ0) is 20.1. The minimum absolute atomic E-state index is 0.0886. The van der Waals surface area contributed by atoms with Gasteiger partial charge < -0.3 is 4.74 Å². The predicted octanol–water partition coefficient (Wildman–Crippen LogP) is 4.14. The molecule has 150 valence electrons. The van der Waals surface area contributed by atoms with Gasteiger partial charge in [0.2, 0.25) is 10.0 Å². The summed E-state index contributed by atoms with van der Waals surface area (Å²) in [7, 11) is -2.46. The minimum atomic E-state index is -3.77. The molecule has 0 N–H and O–H groups in total. The number of esters is 1. The van der Waals surface area contributed by atoms with E-state index in [1.54, 1.807) is 24.3 Å². The Kier molecular flexibility index (Phi) is 6.46. The van der Waals surface area contributed by atoms with Gasteiger partial charge in [-0.2, -0.15) is 4.31 Å². The molecular formula is C21H24FNO4S. The zero-order valence-corrected chi connectivity index (χ0v) is 16.6. The number of nitrogens with zero attached hydrogens (tertiary/aromatic N) is 1. The van der Waals surface area contributed by atoms with E-state index in [9.17, 15) is 17.6 Å². The van der Waals surface area contributed by atoms with Crippen molar-refractivity contribution in [2.75, 3.05) is 7.11 Å². The van der Waals surface area contributed by atoms with Gasteiger partial charge in [-0.3, -0.25) is 0 Å². The van der Waals surface area contributed by atoms with Gasteiger partial charge in [-0.15, -0.1) is 0 Å². The summed E-state index contributed by atoms with van der Waals surface area (Å²) in [5.41, 5.74) is 1.20. The molecule has 3 rings (SSSR count). The molecule has 2 aromatic carbocycles. The minimum Gasteiger partial charge on any atom is -0.465 e. The monoisotopic (exact) mass is 405 g/mol. The van der Waals surface area contributed by atoms with Crippen molar-refractivity contribution in [3.05, 3.63) is 65.5 Å². The summed E-state index contributed by atoms with van der Waals surface area (Å²) in [5, 5.41) is 0. The van der Waals surface area contributed by atoms with Crippen LogP contribution >= 0.6 is 0 Å². The molecule has 1 fully saturated rings. The molecule has 1 aliphatic carbocycles. The number of benzene rings is 2. The van der Waals surface area contributed by atoms with Gasteiger partial charge in [0.05, 0.1) is 17.6 Å². The summed E-state index contributed by atoms with van der Waals surface area (Å²) in [5.74, 6) is -0.906. The molecule has 1 aliphatic rings. The van der Waals surface area contributed by atoms with E-state index in [-0.39, 0.29) is 17.5 Å². The average Bonchev–Trinajstić information content (AvgIpc) is 2.72. The molecule has 2 aromatic rings. The summed E-state index contributed by atoms with van der Waals surface area (Å²) in [4.78, 5) is 11.7. The summed E-state index contributed by atoms with van der Waals surface area (Å²) in [6.45, 7) is 0.200. The summed E-state index contributed by atoms with van der Waals surface area (Å²) < 4.78 is 46.1. The van der Waals surface area contributed by atoms with Crippen LogP contribution in [0.3, 0.4) is 0 Å². The van der Waals surface area contributed by atoms with E-state index < -0.39 is 21.8 Å². The molecule has 7 heteroatoms. The van der Waals surface area contributed by atoms with Gasteiger partial charge in [-0.05, 0) is 54.8 Å². The Balaban J connectivity index is 1.90. The topological polar surface area (TPSA) is 63.7 Å². The van der Waals surface area contributed by atoms with Crippen LogP contribution in [0.1, 0.15) is 48.0 Å². The van der Waals surface area contributed by atoms with Crippen molar-refractivity contribution in [3.63, 3.8) is 0 Å². The molecule has 0 saturated heterocycles. The molecule has 0 bridgehead atoms. The van der Waals surface area contributed by atoms with Crippen LogP contribution in [0.15, 0.2) is 53.4 Å². The van der Waals surface area contributed by atoms with Crippen LogP contribution < -0.4 is 0 Å². The van der Waals surface area contributed by atoms with E-state index in [2.05, 4.69) is 0 Å². The molecule has 0 aliphatic heterocycles. The lowest BCUT2D eigenvalue weighted by Crippen LogP contribution is -2.40. The first kappa shape index (κ1) is 20.5. The first-order chi connectivity index (χ1) is 13.4. The molecular weight excluding hydrogens is 381 g/mol. The van der Waals surface area contributed by atoms with Gasteiger partial charge >= 0.3 is 5.97 Å². The van der Waals surface area contributed by atoms with Gasteiger partial charge in [-0.1, -0.05) is 31.4 Å². The Morgan fingerprint density at radius 1 is 1.04 bits per heavy atom. The number of rotatable bonds is 6. The molecule has 0 radical (unpaired) electrons. The maximum Gasteiger partial charge on any atom is 0.337 e. The van der Waals surface area contributed by atoms with Gasteiger partial charge in [0.15, 0.2) is 0 Å². The highest BCUT2D eigenvalue weighted by molar-refractivity contribution is 7.89. The van der Waals surface area contributed by atoms with Crippen LogP contribution in [-0.2, 0) is 21.3 Å². The van der Waals surface area contributed by atoms with E-state index in [4.69, 9.17) is 4.74 Å². The maximum atomic E-state index is 13.3. The molecule has 0 spiro atoms. The Labute approximate surface area is 165 Å². The molecule has 0 amide bonds. The lowest BCUT2D eigenvalue weighted by Gasteiger charge is -2.33. The van der Waals surface area contributed by atoms with Crippen LogP contribution in [0.5, 0.6) is 0 Å². The Morgan fingerprint density at radius 3 is 2.21 bits per heavy atom. The summed E-state index contributed by atoms with van der Waals surface area (Å²) in [6, 6.07) is 11.6. The third-order valence-electron chi connectivity index (χ3n) is 5.12. The molecule has 0 aromatic heterocycles. The van der Waals surface area contributed by atoms with E-state index in [1.807, 2.05) is 0 Å². The van der Waals surface area contributed by atoms with Gasteiger partial charge in [0.25, 0.3) is 0 Å². The average molecular weight is 405 g/mol. The fourth-order valence-corrected chi connectivity index (χ4v) is 5.24. The second-order valence-electron chi connectivity index (χ2n) is 6.98. The first-order valence-electron chi connectivity index (χ1n) is 9.36. The number of hydrogen-bond acceptors (Lipinski definition) is 4. The van der Waals surface area contributed by atoms with Crippen LogP contribution in [-0.4, -0.2) is 31.8 Å². The van der Waals surface area contributed by atoms with Crippen LogP contribution in [0.4, 0.5) is 4.39 Å². The normalized spacial score (nSPS) is 15.5. The fourth-order valence-electron chi connectivity index (χ4n) is 3.57. The number of carbonyl (C=O) groups excluding carboxylic acids is 1. The summed E-state index contributed by atoms with van der Waals surface area (Å²) >= 11 is 0. The van der Waals surface area contributed by atoms with Crippen molar-refractivity contribution in [2.45, 2.75) is 49.6 Å². The highest BCUT2D eigenvalue weighted by atomic mass is 32.2. The smallest absolute Gasteiger partial charge is 0.337 e. The van der Waals surface area contributed by atoms with Crippen molar-refractivity contribution in [2.24, 2.45) is 0 Å². The quantitative estimate of drug-likeness (QED) is 0.678. The van der Waals surface area contributed by atoms with Crippen molar-refractivity contribution in [1.82, 2.24) is 4.31 Å². The second kappa shape index (κ2) is 8.84. The van der Waals surface area contributed by atoms with Crippen LogP contribution in [0, 0.1) is 5.82 Å². The van der Waals surface area contributed by atoms with Gasteiger partial charge in [0, 0.05) is 12.6 Å². The highest BCUT2D eigenvalue weighted by Gasteiger charge is 2.32. The zero-order valence-electron chi connectivity index (χ0n) is 15.8. The fraction of sp³-hybridized carbons (Fsp3) is 0.381. The maximum absolute atomic E-state index is 13.3. The number of hydrogen-bond donors (Lipinski definition) is 0. The SMILES string of the molecule is COC(=O)c1ccc(CN(C2CCCCC2)S(=O)(=O)c2ccc(F)cc2)cc1. The van der Waals surface area contributed by atoms with Crippen molar-refractivity contribution < 1.29 is 22.3 Å². The standard InChI is InChI=1S/C21H24FNO4S/c1-27-21(24)17-9-7-16(8-10-17)15-23(19-5-3-2-4-6-19)28(25,26)20-13-11-18(22)12-14-20/h7-14,19H,2-6,15H2,1H3. The number of methoxy groups -OCH3 is 1. The number of ether oxygens (including phenoxy) is 1. The van der Waals surface area contributed by atoms with Crippen molar-refractivity contribution >= 4 is 16.0 Å². The largest absolute Gasteiger partial charge is 0.465 e. The first-order valence-corrected chi connectivity index (χ1v) is 10.8. The van der Waals surface area contributed by atoms with Crippen molar-refractivity contribution in [3.8, 4) is 0 Å². The van der Waals surface area contributed by atoms with Crippen LogP contribution in [0.25, 0.3) is 0 Å². The number of carbonyl (C=O) groups is 1. The Bertz CT molecular complexity index is 904. The van der Waals surface area contributed by atoms with Crippen LogP contribution in [0.2, 0.25) is 0 Å². The second-order valence-corrected chi connectivity index (χ2v) is 8.88. The molecule has 5 nitrogen and oxygen atoms in total. The Hall–Kier alpha value is -2.25. The van der Waals surface area contributed by atoms with E-state index in [0.29, 0.717) is 5.56 Å². The van der Waals surface area contributed by atoms with E-state index in [0.717, 1.165) is 49.8 Å². The lowest BCUT2D eigenvalue weighted by molar-refractivity contribution is 0.0600. The number of halogens is 1. The van der Waals surface area contributed by atoms with E-state index in [1.165, 1.54) is 23.5 Å². The molecule has 0 atom stereocenters. The molecule has 28 heavy (non-hydrogen) atoms. The van der Waals surface area contributed by atoms with Gasteiger partial charge in [-0.25, -0.2) is 17.6 Å². The number of sulfonamides is 1. The molecule has 1 saturated carbocycles. The third kappa shape index (κ3) is 4.59. The van der Waals surface area contributed by atoms with E-state index >= 15 is 0 Å². The predicted molar refractivity (Wildman–Crippen MR) is 104 cm³/mol. The molecule has 0 heterocycles. The van der Waals surface area contributed by atoms with Crippen molar-refractivity contribution in [1.29, 1.82) is 0 Å². The highest BCUT2D eigenvalue weighted by Crippen LogP contribution is 2.29. The summed E-state index contributed by atoms with van der Waals surface area (Å²) in [6.07, 6.45) is 4.69.